The smallest absolute Gasteiger partial charge is 0.164 e. The lowest BCUT2D eigenvalue weighted by Gasteiger charge is -2.12. The largest absolute Gasteiger partial charge is 0.255 e. The number of fused-ring (bicyclic) bond motifs is 4. The van der Waals surface area contributed by atoms with Crippen LogP contribution in [0.3, 0.4) is 0 Å². The summed E-state index contributed by atoms with van der Waals surface area (Å²) in [4.78, 5) is 29.2. The summed E-state index contributed by atoms with van der Waals surface area (Å²) < 4.78 is 2.27. The third-order valence-corrected chi connectivity index (χ3v) is 9.38. The normalized spacial score (nSPS) is 11.4. The second kappa shape index (κ2) is 11.3. The molecule has 0 amide bonds. The second-order valence-electron chi connectivity index (χ2n) is 11.2. The van der Waals surface area contributed by atoms with Crippen LogP contribution in [0.25, 0.3) is 87.8 Å². The number of thiophene rings is 1. The van der Waals surface area contributed by atoms with Crippen molar-refractivity contribution in [2.75, 3.05) is 0 Å². The zero-order valence-corrected chi connectivity index (χ0v) is 25.8. The molecule has 47 heavy (non-hydrogen) atoms. The van der Waals surface area contributed by atoms with Crippen molar-refractivity contribution in [1.82, 2.24) is 29.9 Å². The van der Waals surface area contributed by atoms with E-state index in [-0.39, 0.29) is 0 Å². The van der Waals surface area contributed by atoms with E-state index in [1.165, 1.54) is 0 Å². The summed E-state index contributed by atoms with van der Waals surface area (Å²) >= 11 is 1.71. The predicted molar refractivity (Wildman–Crippen MR) is 191 cm³/mol. The highest BCUT2D eigenvalue weighted by molar-refractivity contribution is 7.25. The summed E-state index contributed by atoms with van der Waals surface area (Å²) in [5, 5.41) is 3.23. The van der Waals surface area contributed by atoms with Gasteiger partial charge < -0.3 is 0 Å². The van der Waals surface area contributed by atoms with Gasteiger partial charge in [-0.2, -0.15) is 0 Å². The number of benzene rings is 4. The zero-order chi connectivity index (χ0) is 31.2. The summed E-state index contributed by atoms with van der Waals surface area (Å²) in [6.07, 6.45) is 5.73. The Morgan fingerprint density at radius 3 is 1.81 bits per heavy atom. The van der Waals surface area contributed by atoms with Crippen molar-refractivity contribution in [3.63, 3.8) is 0 Å². The Bertz CT molecular complexity index is 2520. The predicted octanol–water partition coefficient (Wildman–Crippen LogP) is 9.91. The van der Waals surface area contributed by atoms with E-state index < -0.39 is 0 Å². The molecule has 0 aliphatic heterocycles. The van der Waals surface area contributed by atoms with Crippen LogP contribution in [0.4, 0.5) is 0 Å². The van der Waals surface area contributed by atoms with Crippen LogP contribution < -0.4 is 0 Å². The molecule has 9 rings (SSSR count). The number of aromatic nitrogens is 6. The molecule has 0 fully saturated rings. The van der Waals surface area contributed by atoms with Gasteiger partial charge in [-0.25, -0.2) is 15.0 Å². The van der Waals surface area contributed by atoms with Crippen molar-refractivity contribution in [2.24, 2.45) is 0 Å². The molecule has 0 aliphatic rings. The van der Waals surface area contributed by atoms with Gasteiger partial charge in [-0.3, -0.25) is 15.0 Å². The van der Waals surface area contributed by atoms with E-state index in [2.05, 4.69) is 53.5 Å². The van der Waals surface area contributed by atoms with Crippen LogP contribution in [0.2, 0.25) is 0 Å². The number of hydrogen-bond acceptors (Lipinski definition) is 7. The molecule has 0 saturated heterocycles. The summed E-state index contributed by atoms with van der Waals surface area (Å²) in [7, 11) is 0. The molecule has 0 aliphatic carbocycles. The molecule has 0 spiro atoms. The van der Waals surface area contributed by atoms with Crippen LogP contribution in [-0.2, 0) is 0 Å². The Labute approximate surface area is 274 Å². The topological polar surface area (TPSA) is 77.3 Å². The first-order valence-electron chi connectivity index (χ1n) is 15.3. The lowest BCUT2D eigenvalue weighted by molar-refractivity contribution is 1.07. The minimum atomic E-state index is 0.613. The van der Waals surface area contributed by atoms with Gasteiger partial charge in [-0.15, -0.1) is 11.3 Å². The maximum absolute atomic E-state index is 5.01. The molecule has 0 saturated carbocycles. The van der Waals surface area contributed by atoms with E-state index in [1.807, 2.05) is 97.5 Å². The van der Waals surface area contributed by atoms with Gasteiger partial charge in [0, 0.05) is 51.6 Å². The summed E-state index contributed by atoms with van der Waals surface area (Å²) in [5.74, 6) is 1.88. The number of nitrogens with zero attached hydrogens (tertiary/aromatic N) is 6. The van der Waals surface area contributed by atoms with Gasteiger partial charge in [-0.05, 0) is 35.2 Å². The van der Waals surface area contributed by atoms with Crippen molar-refractivity contribution in [1.29, 1.82) is 0 Å². The molecule has 0 N–H and O–H groups in total. The second-order valence-corrected chi connectivity index (χ2v) is 12.3. The molecule has 5 heterocycles. The third-order valence-electron chi connectivity index (χ3n) is 8.28. The van der Waals surface area contributed by atoms with Crippen LogP contribution in [0.15, 0.2) is 146 Å². The molecule has 0 radical (unpaired) electrons. The van der Waals surface area contributed by atoms with E-state index in [1.54, 1.807) is 11.3 Å². The molecule has 0 atom stereocenters. The lowest BCUT2D eigenvalue weighted by Crippen LogP contribution is -2.00. The van der Waals surface area contributed by atoms with Crippen molar-refractivity contribution in [2.45, 2.75) is 0 Å². The molecule has 4 aromatic carbocycles. The van der Waals surface area contributed by atoms with Gasteiger partial charge in [0.25, 0.3) is 0 Å². The van der Waals surface area contributed by atoms with Crippen LogP contribution in [0, 0.1) is 0 Å². The Morgan fingerprint density at radius 2 is 1.06 bits per heavy atom. The first-order chi connectivity index (χ1) is 23.3. The maximum Gasteiger partial charge on any atom is 0.164 e. The van der Waals surface area contributed by atoms with Gasteiger partial charge in [0.15, 0.2) is 17.5 Å². The average molecular weight is 621 g/mol. The van der Waals surface area contributed by atoms with Gasteiger partial charge in [0.05, 0.1) is 26.3 Å². The minimum Gasteiger partial charge on any atom is -0.255 e. The Balaban J connectivity index is 1.17. The number of rotatable bonds is 5. The molecule has 5 aromatic heterocycles. The van der Waals surface area contributed by atoms with Crippen LogP contribution in [-0.4, -0.2) is 29.9 Å². The van der Waals surface area contributed by atoms with Crippen molar-refractivity contribution >= 4 is 42.4 Å². The molecule has 0 unspecified atom stereocenters. The lowest BCUT2D eigenvalue weighted by atomic mass is 9.97. The number of hydrogen-bond donors (Lipinski definition) is 0. The van der Waals surface area contributed by atoms with Crippen molar-refractivity contribution in [3.05, 3.63) is 146 Å². The van der Waals surface area contributed by atoms with E-state index in [0.717, 1.165) is 70.3 Å². The Morgan fingerprint density at radius 1 is 0.426 bits per heavy atom. The van der Waals surface area contributed by atoms with Gasteiger partial charge in [0.1, 0.15) is 0 Å². The van der Waals surface area contributed by atoms with Gasteiger partial charge in [0.2, 0.25) is 0 Å². The standard InChI is InChI=1S/C40H24N6S/c1-3-11-25(12-4-1)38-44-39(26-13-5-2-6-14-26)46-40(45-38)28-16-9-15-27(21-28)32-23-43-36(30-18-8-7-17-29(30)32)33-22-31-35(24-42-33)47-34-19-10-20-41-37(31)34/h1-24H. The van der Waals surface area contributed by atoms with E-state index in [4.69, 9.17) is 24.9 Å². The molecule has 0 bridgehead atoms. The SMILES string of the molecule is c1ccc(-c2nc(-c3ccccc3)nc(-c3cccc(-c4cnc(-c5cc6c(cn5)sc5cccnc56)c5ccccc45)c3)n2)cc1. The summed E-state index contributed by atoms with van der Waals surface area (Å²) in [6.45, 7) is 0. The highest BCUT2D eigenvalue weighted by Gasteiger charge is 2.16. The van der Waals surface area contributed by atoms with E-state index in [0.29, 0.717) is 17.5 Å². The minimum absolute atomic E-state index is 0.613. The first-order valence-corrected chi connectivity index (χ1v) is 16.1. The summed E-state index contributed by atoms with van der Waals surface area (Å²) in [6, 6.07) is 43.0. The van der Waals surface area contributed by atoms with Gasteiger partial charge in [-0.1, -0.05) is 103 Å². The average Bonchev–Trinajstić information content (AvgIpc) is 3.53. The van der Waals surface area contributed by atoms with Crippen LogP contribution in [0.1, 0.15) is 0 Å². The molecular weight excluding hydrogens is 597 g/mol. The van der Waals surface area contributed by atoms with Gasteiger partial charge >= 0.3 is 0 Å². The highest BCUT2D eigenvalue weighted by atomic mass is 32.1. The monoisotopic (exact) mass is 620 g/mol. The maximum atomic E-state index is 5.01. The van der Waals surface area contributed by atoms with E-state index >= 15 is 0 Å². The molecule has 9 aromatic rings. The Hall–Kier alpha value is -6.18. The van der Waals surface area contributed by atoms with E-state index in [9.17, 15) is 0 Å². The van der Waals surface area contributed by atoms with Crippen LogP contribution in [0.5, 0.6) is 0 Å². The number of pyridine rings is 3. The quantitative estimate of drug-likeness (QED) is 0.191. The fraction of sp³-hybridized carbons (Fsp3) is 0. The first kappa shape index (κ1) is 27.2. The Kier molecular flexibility index (Phi) is 6.54. The molecule has 6 nitrogen and oxygen atoms in total. The zero-order valence-electron chi connectivity index (χ0n) is 24.9. The van der Waals surface area contributed by atoms with Crippen LogP contribution >= 0.6 is 11.3 Å². The summed E-state index contributed by atoms with van der Waals surface area (Å²) in [5.41, 5.74) is 7.49. The highest BCUT2D eigenvalue weighted by Crippen LogP contribution is 2.38. The third kappa shape index (κ3) is 4.90. The van der Waals surface area contributed by atoms with Crippen molar-refractivity contribution < 1.29 is 0 Å². The molecule has 220 valence electrons. The fourth-order valence-electron chi connectivity index (χ4n) is 6.02. The van der Waals surface area contributed by atoms with Crippen molar-refractivity contribution in [3.8, 4) is 56.7 Å². The fourth-order valence-corrected chi connectivity index (χ4v) is 7.04. The molecular formula is C40H24N6S. The molecule has 7 heteroatoms.